The second kappa shape index (κ2) is 11.1. The number of nitrogens with zero attached hydrogens (tertiary/aromatic N) is 2. The molecule has 41 heavy (non-hydrogen) atoms. The van der Waals surface area contributed by atoms with E-state index < -0.39 is 26.6 Å². The number of rotatable bonds is 8. The fraction of sp³-hybridized carbons (Fsp3) is 0.0357. The maximum Gasteiger partial charge on any atom is 0.371 e. The standard InChI is InChI=1S/C28H17Cl3N2O7S/c29-22-10-9-20(14-24(22)33(36)37)41(38,39)32(19-8-11-25-18(12-19)13-26(40-25)28(34)35)15-16-4-6-17(7-5-16)21-2-1-3-23(30)27(21)31/h1-14H,15H2,(H,34,35). The van der Waals surface area contributed by atoms with E-state index in [-0.39, 0.29) is 33.5 Å². The molecular formula is C28H17Cl3N2O7S. The SMILES string of the molecule is O=C(O)c1cc2cc(N(Cc3ccc(-c4cccc(Cl)c4Cl)cc3)S(=O)(=O)c3ccc(Cl)c([N+](=O)[O-])c3)ccc2o1. The van der Waals surface area contributed by atoms with Crippen molar-refractivity contribution in [2.45, 2.75) is 11.4 Å². The average Bonchev–Trinajstić information content (AvgIpc) is 3.37. The minimum absolute atomic E-state index is 0.169. The van der Waals surface area contributed by atoms with Gasteiger partial charge in [-0.05, 0) is 53.6 Å². The molecule has 0 bridgehead atoms. The Labute approximate surface area is 248 Å². The van der Waals surface area contributed by atoms with Crippen molar-refractivity contribution in [1.29, 1.82) is 0 Å². The maximum atomic E-state index is 14.0. The molecule has 4 aromatic carbocycles. The van der Waals surface area contributed by atoms with Crippen molar-refractivity contribution in [1.82, 2.24) is 0 Å². The van der Waals surface area contributed by atoms with E-state index in [1.54, 1.807) is 42.5 Å². The van der Waals surface area contributed by atoms with Crippen LogP contribution in [0.1, 0.15) is 16.1 Å². The van der Waals surface area contributed by atoms with E-state index >= 15 is 0 Å². The number of furan rings is 1. The van der Waals surface area contributed by atoms with Gasteiger partial charge in [-0.2, -0.15) is 0 Å². The molecule has 1 N–H and O–H groups in total. The molecule has 0 unspecified atom stereocenters. The number of carbonyl (C=O) groups is 1. The summed E-state index contributed by atoms with van der Waals surface area (Å²) in [5.41, 5.74) is 1.89. The largest absolute Gasteiger partial charge is 0.475 e. The summed E-state index contributed by atoms with van der Waals surface area (Å²) < 4.78 is 34.3. The highest BCUT2D eigenvalue weighted by molar-refractivity contribution is 7.92. The van der Waals surface area contributed by atoms with Crippen LogP contribution in [0.15, 0.2) is 94.2 Å². The minimum atomic E-state index is -4.39. The normalized spacial score (nSPS) is 11.5. The first-order valence-electron chi connectivity index (χ1n) is 11.7. The molecule has 0 atom stereocenters. The Balaban J connectivity index is 1.59. The number of nitro benzene ring substituents is 1. The van der Waals surface area contributed by atoms with Crippen LogP contribution < -0.4 is 4.31 Å². The lowest BCUT2D eigenvalue weighted by Gasteiger charge is -2.25. The highest BCUT2D eigenvalue weighted by Crippen LogP contribution is 2.36. The number of fused-ring (bicyclic) bond motifs is 1. The van der Waals surface area contributed by atoms with E-state index in [0.29, 0.717) is 26.6 Å². The number of hydrogen-bond donors (Lipinski definition) is 1. The van der Waals surface area contributed by atoms with E-state index in [0.717, 1.165) is 22.0 Å². The van der Waals surface area contributed by atoms with Crippen LogP contribution in [-0.4, -0.2) is 24.4 Å². The summed E-state index contributed by atoms with van der Waals surface area (Å²) in [6.07, 6.45) is 0. The first-order valence-corrected chi connectivity index (χ1v) is 14.3. The molecule has 0 radical (unpaired) electrons. The van der Waals surface area contributed by atoms with Crippen LogP contribution in [0.25, 0.3) is 22.1 Å². The molecule has 0 amide bonds. The van der Waals surface area contributed by atoms with Gasteiger partial charge in [0.05, 0.1) is 32.1 Å². The van der Waals surface area contributed by atoms with Crippen LogP contribution >= 0.6 is 34.8 Å². The van der Waals surface area contributed by atoms with Crippen molar-refractivity contribution in [3.63, 3.8) is 0 Å². The van der Waals surface area contributed by atoms with Crippen LogP contribution in [0.5, 0.6) is 0 Å². The minimum Gasteiger partial charge on any atom is -0.475 e. The van der Waals surface area contributed by atoms with Gasteiger partial charge in [-0.3, -0.25) is 14.4 Å². The Hall–Kier alpha value is -4.09. The van der Waals surface area contributed by atoms with Gasteiger partial charge < -0.3 is 9.52 Å². The van der Waals surface area contributed by atoms with Gasteiger partial charge in [-0.1, -0.05) is 71.2 Å². The third kappa shape index (κ3) is 5.59. The predicted octanol–water partition coefficient (Wildman–Crippen LogP) is 8.06. The summed E-state index contributed by atoms with van der Waals surface area (Å²) in [4.78, 5) is 21.7. The molecule has 0 saturated heterocycles. The van der Waals surface area contributed by atoms with Crippen LogP contribution in [0.4, 0.5) is 11.4 Å². The Morgan fingerprint density at radius 3 is 2.34 bits per heavy atom. The van der Waals surface area contributed by atoms with Crippen molar-refractivity contribution >= 4 is 73.1 Å². The number of benzene rings is 4. The Kier molecular flexibility index (Phi) is 7.67. The molecule has 0 spiro atoms. The number of halogens is 3. The number of sulfonamides is 1. The van der Waals surface area contributed by atoms with Crippen LogP contribution in [0.2, 0.25) is 15.1 Å². The third-order valence-electron chi connectivity index (χ3n) is 6.24. The topological polar surface area (TPSA) is 131 Å². The number of hydrogen-bond acceptors (Lipinski definition) is 6. The number of aromatic carboxylic acids is 1. The first kappa shape index (κ1) is 28.4. The Morgan fingerprint density at radius 2 is 1.66 bits per heavy atom. The van der Waals surface area contributed by atoms with Gasteiger partial charge >= 0.3 is 5.97 Å². The van der Waals surface area contributed by atoms with Crippen LogP contribution in [-0.2, 0) is 16.6 Å². The molecule has 208 valence electrons. The molecule has 0 saturated carbocycles. The van der Waals surface area contributed by atoms with Gasteiger partial charge in [-0.25, -0.2) is 13.2 Å². The molecule has 0 aliphatic carbocycles. The second-order valence-electron chi connectivity index (χ2n) is 8.82. The summed E-state index contributed by atoms with van der Waals surface area (Å²) >= 11 is 18.4. The lowest BCUT2D eigenvalue weighted by Crippen LogP contribution is -2.30. The highest BCUT2D eigenvalue weighted by atomic mass is 35.5. The number of anilines is 1. The van der Waals surface area contributed by atoms with Crippen molar-refractivity contribution in [3.8, 4) is 11.1 Å². The van der Waals surface area contributed by atoms with Gasteiger partial charge in [0.15, 0.2) is 0 Å². The van der Waals surface area contributed by atoms with E-state index in [9.17, 15) is 28.4 Å². The van der Waals surface area contributed by atoms with Gasteiger partial charge in [0, 0.05) is 17.0 Å². The summed E-state index contributed by atoms with van der Waals surface area (Å²) in [5, 5.41) is 21.7. The zero-order chi connectivity index (χ0) is 29.5. The Bertz CT molecular complexity index is 1940. The van der Waals surface area contributed by atoms with Gasteiger partial charge in [0.1, 0.15) is 10.6 Å². The first-order chi connectivity index (χ1) is 19.5. The monoisotopic (exact) mass is 630 g/mol. The number of carboxylic acids is 1. The van der Waals surface area contributed by atoms with Crippen molar-refractivity contribution in [2.75, 3.05) is 4.31 Å². The van der Waals surface area contributed by atoms with Crippen LogP contribution in [0, 0.1) is 10.1 Å². The second-order valence-corrected chi connectivity index (χ2v) is 11.9. The molecule has 9 nitrogen and oxygen atoms in total. The van der Waals surface area contributed by atoms with Gasteiger partial charge in [-0.15, -0.1) is 0 Å². The fourth-order valence-corrected chi connectivity index (χ4v) is 6.27. The lowest BCUT2D eigenvalue weighted by atomic mass is 10.0. The summed E-state index contributed by atoms with van der Waals surface area (Å²) in [7, 11) is -4.39. The third-order valence-corrected chi connectivity index (χ3v) is 9.15. The molecule has 1 heterocycles. The van der Waals surface area contributed by atoms with Crippen molar-refractivity contribution < 1.29 is 27.7 Å². The van der Waals surface area contributed by atoms with E-state index in [1.807, 2.05) is 0 Å². The Morgan fingerprint density at radius 1 is 0.927 bits per heavy atom. The zero-order valence-electron chi connectivity index (χ0n) is 20.6. The van der Waals surface area contributed by atoms with Crippen LogP contribution in [0.3, 0.4) is 0 Å². The molecule has 0 aliphatic rings. The average molecular weight is 632 g/mol. The number of nitro groups is 1. The zero-order valence-corrected chi connectivity index (χ0v) is 23.7. The molecular weight excluding hydrogens is 615 g/mol. The molecule has 5 rings (SSSR count). The predicted molar refractivity (Wildman–Crippen MR) is 157 cm³/mol. The van der Waals surface area contributed by atoms with Gasteiger partial charge in [0.2, 0.25) is 5.76 Å². The van der Waals surface area contributed by atoms with E-state index in [1.165, 1.54) is 30.3 Å². The molecule has 0 aliphatic heterocycles. The highest BCUT2D eigenvalue weighted by Gasteiger charge is 2.29. The summed E-state index contributed by atoms with van der Waals surface area (Å²) in [6, 6.07) is 21.1. The molecule has 0 fully saturated rings. The smallest absolute Gasteiger partial charge is 0.371 e. The van der Waals surface area contributed by atoms with E-state index in [4.69, 9.17) is 39.2 Å². The number of carboxylic acid groups (broad SMARTS) is 1. The van der Waals surface area contributed by atoms with Gasteiger partial charge in [0.25, 0.3) is 15.7 Å². The van der Waals surface area contributed by atoms with Crippen molar-refractivity contribution in [3.05, 3.63) is 121 Å². The maximum absolute atomic E-state index is 14.0. The van der Waals surface area contributed by atoms with Crippen molar-refractivity contribution in [2.24, 2.45) is 0 Å². The summed E-state index contributed by atoms with van der Waals surface area (Å²) in [6.45, 7) is -0.169. The van der Waals surface area contributed by atoms with E-state index in [2.05, 4.69) is 0 Å². The lowest BCUT2D eigenvalue weighted by molar-refractivity contribution is -0.384. The summed E-state index contributed by atoms with van der Waals surface area (Å²) in [5.74, 6) is -1.59. The molecule has 13 heteroatoms. The quantitative estimate of drug-likeness (QED) is 0.135. The molecule has 5 aromatic rings. The molecule has 1 aromatic heterocycles. The fourth-order valence-electron chi connectivity index (χ4n) is 4.21.